The lowest BCUT2D eigenvalue weighted by molar-refractivity contribution is 0.0211. The molecule has 17 heavy (non-hydrogen) atoms. The van der Waals surface area contributed by atoms with E-state index in [1.54, 1.807) is 0 Å². The first kappa shape index (κ1) is 14.0. The molecule has 0 aromatic carbocycles. The summed E-state index contributed by atoms with van der Waals surface area (Å²) in [6, 6.07) is 0. The summed E-state index contributed by atoms with van der Waals surface area (Å²) < 4.78 is 5.84. The molecule has 0 spiro atoms. The first-order valence-electron chi connectivity index (χ1n) is 6.08. The van der Waals surface area contributed by atoms with Gasteiger partial charge in [-0.25, -0.2) is 0 Å². The van der Waals surface area contributed by atoms with Crippen molar-refractivity contribution >= 4 is 0 Å². The summed E-state index contributed by atoms with van der Waals surface area (Å²) in [6.07, 6.45) is 11.8. The number of nitrogens with zero attached hydrogens (tertiary/aromatic N) is 1. The van der Waals surface area contributed by atoms with Crippen LogP contribution in [0, 0.1) is 12.3 Å². The molecule has 1 aliphatic heterocycles. The van der Waals surface area contributed by atoms with Crippen LogP contribution < -0.4 is 10.6 Å². The van der Waals surface area contributed by atoms with E-state index < -0.39 is 0 Å². The lowest BCUT2D eigenvalue weighted by Gasteiger charge is -2.17. The van der Waals surface area contributed by atoms with Crippen molar-refractivity contribution in [2.24, 2.45) is 0 Å². The van der Waals surface area contributed by atoms with Crippen LogP contribution in [0.25, 0.3) is 0 Å². The molecule has 4 heteroatoms. The molecule has 96 valence electrons. The van der Waals surface area contributed by atoms with Gasteiger partial charge in [-0.15, -0.1) is 6.42 Å². The Hall–Kier alpha value is -1.02. The second-order valence-corrected chi connectivity index (χ2v) is 4.49. The van der Waals surface area contributed by atoms with Crippen LogP contribution in [-0.4, -0.2) is 51.0 Å². The fourth-order valence-corrected chi connectivity index (χ4v) is 1.83. The van der Waals surface area contributed by atoms with E-state index in [4.69, 9.17) is 11.2 Å². The summed E-state index contributed by atoms with van der Waals surface area (Å²) in [4.78, 5) is 2.16. The van der Waals surface area contributed by atoms with Gasteiger partial charge in [-0.3, -0.25) is 0 Å². The summed E-state index contributed by atoms with van der Waals surface area (Å²) in [5.74, 6) is 2.53. The Balaban J connectivity index is 2.07. The van der Waals surface area contributed by atoms with Gasteiger partial charge in [0.05, 0.1) is 12.6 Å². The number of terminal acetylenes is 1. The zero-order valence-corrected chi connectivity index (χ0v) is 10.8. The van der Waals surface area contributed by atoms with Crippen molar-refractivity contribution in [1.29, 1.82) is 0 Å². The average molecular weight is 237 g/mol. The normalized spacial score (nSPS) is 24.4. The van der Waals surface area contributed by atoms with Gasteiger partial charge >= 0.3 is 0 Å². The van der Waals surface area contributed by atoms with Crippen molar-refractivity contribution in [3.05, 3.63) is 12.3 Å². The molecule has 1 aliphatic rings. The van der Waals surface area contributed by atoms with Crippen molar-refractivity contribution in [3.63, 3.8) is 0 Å². The van der Waals surface area contributed by atoms with Crippen LogP contribution in [0.5, 0.6) is 0 Å². The molecule has 0 aromatic rings. The van der Waals surface area contributed by atoms with Gasteiger partial charge in [0, 0.05) is 13.1 Å². The maximum Gasteiger partial charge on any atom is 0.127 e. The molecule has 2 N–H and O–H groups in total. The SMILES string of the molecule is C#CCNC/C=C\NC1CCC(CN(C)C)O1. The van der Waals surface area contributed by atoms with E-state index in [-0.39, 0.29) is 6.23 Å². The highest BCUT2D eigenvalue weighted by molar-refractivity contribution is 4.90. The van der Waals surface area contributed by atoms with Crippen LogP contribution in [-0.2, 0) is 4.74 Å². The maximum absolute atomic E-state index is 5.84. The molecule has 1 heterocycles. The molecule has 0 radical (unpaired) electrons. The zero-order valence-electron chi connectivity index (χ0n) is 10.8. The minimum atomic E-state index is 0.156. The predicted octanol–water partition coefficient (Wildman–Crippen LogP) is 0.379. The van der Waals surface area contributed by atoms with Gasteiger partial charge in [-0.05, 0) is 33.1 Å². The predicted molar refractivity (Wildman–Crippen MR) is 70.4 cm³/mol. The Labute approximate surface area is 104 Å². The molecule has 0 aromatic heterocycles. The summed E-state index contributed by atoms with van der Waals surface area (Å²) in [5, 5.41) is 6.33. The number of rotatable bonds is 7. The van der Waals surface area contributed by atoms with E-state index in [0.717, 1.165) is 25.9 Å². The highest BCUT2D eigenvalue weighted by atomic mass is 16.5. The fraction of sp³-hybridized carbons (Fsp3) is 0.692. The standard InChI is InChI=1S/C13H23N3O/c1-4-8-14-9-5-10-15-13-7-6-12(17-13)11-16(2)3/h1,5,10,12-15H,6-9,11H2,2-3H3/b10-5-. The van der Waals surface area contributed by atoms with Gasteiger partial charge in [0.1, 0.15) is 6.23 Å². The second kappa shape index (κ2) is 8.13. The van der Waals surface area contributed by atoms with Gasteiger partial charge < -0.3 is 20.3 Å². The van der Waals surface area contributed by atoms with Crippen molar-refractivity contribution in [1.82, 2.24) is 15.5 Å². The highest BCUT2D eigenvalue weighted by Gasteiger charge is 2.24. The van der Waals surface area contributed by atoms with Crippen molar-refractivity contribution in [3.8, 4) is 12.3 Å². The first-order chi connectivity index (χ1) is 8.22. The van der Waals surface area contributed by atoms with Gasteiger partial charge in [0.2, 0.25) is 0 Å². The minimum absolute atomic E-state index is 0.156. The zero-order chi connectivity index (χ0) is 12.5. The monoisotopic (exact) mass is 237 g/mol. The molecule has 2 atom stereocenters. The van der Waals surface area contributed by atoms with Gasteiger partial charge in [0.15, 0.2) is 0 Å². The molecule has 0 aliphatic carbocycles. The molecule has 0 bridgehead atoms. The van der Waals surface area contributed by atoms with E-state index in [0.29, 0.717) is 12.6 Å². The Morgan fingerprint density at radius 3 is 3.00 bits per heavy atom. The van der Waals surface area contributed by atoms with E-state index >= 15 is 0 Å². The fourth-order valence-electron chi connectivity index (χ4n) is 1.83. The van der Waals surface area contributed by atoms with Gasteiger partial charge in [0.25, 0.3) is 0 Å². The molecule has 4 nitrogen and oxygen atoms in total. The molecular formula is C13H23N3O. The highest BCUT2D eigenvalue weighted by Crippen LogP contribution is 2.17. The van der Waals surface area contributed by atoms with Crippen molar-refractivity contribution in [2.45, 2.75) is 25.2 Å². The Bertz CT molecular complexity index is 270. The summed E-state index contributed by atoms with van der Waals surface area (Å²) in [7, 11) is 4.14. The summed E-state index contributed by atoms with van der Waals surface area (Å²) in [6.45, 7) is 2.38. The topological polar surface area (TPSA) is 36.5 Å². The molecule has 1 rings (SSSR count). The van der Waals surface area contributed by atoms with Gasteiger partial charge in [-0.2, -0.15) is 0 Å². The minimum Gasteiger partial charge on any atom is -0.366 e. The third-order valence-electron chi connectivity index (χ3n) is 2.57. The Morgan fingerprint density at radius 1 is 1.47 bits per heavy atom. The van der Waals surface area contributed by atoms with E-state index in [1.165, 1.54) is 0 Å². The molecule has 2 unspecified atom stereocenters. The van der Waals surface area contributed by atoms with Gasteiger partial charge in [-0.1, -0.05) is 12.0 Å². The third kappa shape index (κ3) is 6.32. The molecule has 1 saturated heterocycles. The number of ether oxygens (including phenoxy) is 1. The molecule has 0 amide bonds. The Kier molecular flexibility index (Phi) is 6.71. The maximum atomic E-state index is 5.84. The van der Waals surface area contributed by atoms with E-state index in [2.05, 4.69) is 35.5 Å². The lowest BCUT2D eigenvalue weighted by Crippen LogP contribution is -2.29. The molecule has 1 fully saturated rings. The summed E-state index contributed by atoms with van der Waals surface area (Å²) in [5.41, 5.74) is 0. The number of hydrogen-bond acceptors (Lipinski definition) is 4. The van der Waals surface area contributed by atoms with Crippen LogP contribution in [0.4, 0.5) is 0 Å². The number of nitrogens with one attached hydrogen (secondary N) is 2. The lowest BCUT2D eigenvalue weighted by atomic mass is 10.2. The quantitative estimate of drug-likeness (QED) is 0.496. The first-order valence-corrected chi connectivity index (χ1v) is 6.08. The molecular weight excluding hydrogens is 214 g/mol. The summed E-state index contributed by atoms with van der Waals surface area (Å²) >= 11 is 0. The van der Waals surface area contributed by atoms with Crippen molar-refractivity contribution in [2.75, 3.05) is 33.7 Å². The number of hydrogen-bond donors (Lipinski definition) is 2. The molecule has 0 saturated carbocycles. The Morgan fingerprint density at radius 2 is 2.29 bits per heavy atom. The third-order valence-corrected chi connectivity index (χ3v) is 2.57. The van der Waals surface area contributed by atoms with Crippen LogP contribution in [0.15, 0.2) is 12.3 Å². The van der Waals surface area contributed by atoms with Crippen LogP contribution in [0.2, 0.25) is 0 Å². The van der Waals surface area contributed by atoms with E-state index in [1.807, 2.05) is 12.3 Å². The number of likely N-dealkylation sites (N-methyl/N-ethyl adjacent to an activating group) is 1. The smallest absolute Gasteiger partial charge is 0.127 e. The largest absolute Gasteiger partial charge is 0.366 e. The second-order valence-electron chi connectivity index (χ2n) is 4.49. The van der Waals surface area contributed by atoms with E-state index in [9.17, 15) is 0 Å². The average Bonchev–Trinajstić information content (AvgIpc) is 2.70. The van der Waals surface area contributed by atoms with Crippen LogP contribution >= 0.6 is 0 Å². The van der Waals surface area contributed by atoms with Crippen LogP contribution in [0.1, 0.15) is 12.8 Å². The van der Waals surface area contributed by atoms with Crippen molar-refractivity contribution < 1.29 is 4.74 Å². The van der Waals surface area contributed by atoms with Crippen LogP contribution in [0.3, 0.4) is 0 Å².